The maximum absolute atomic E-state index is 13.5. The Kier molecular flexibility index (Phi) is 8.35. The Bertz CT molecular complexity index is 1490. The Balaban J connectivity index is 1.87. The van der Waals surface area contributed by atoms with E-state index in [1.165, 1.54) is 22.5 Å². The third kappa shape index (κ3) is 6.95. The summed E-state index contributed by atoms with van der Waals surface area (Å²) >= 11 is 0. The van der Waals surface area contributed by atoms with Crippen LogP contribution in [0.15, 0.2) is 82.6 Å². The van der Waals surface area contributed by atoms with Crippen LogP contribution in [0.5, 0.6) is 5.75 Å². The summed E-state index contributed by atoms with van der Waals surface area (Å²) < 4.78 is 97.7. The predicted octanol–water partition coefficient (Wildman–Crippen LogP) is 6.37. The van der Waals surface area contributed by atoms with Gasteiger partial charge in [-0.3, -0.25) is 0 Å². The van der Waals surface area contributed by atoms with Crippen LogP contribution >= 0.6 is 0 Å². The maximum Gasteiger partial charge on any atom is 0.416 e. The van der Waals surface area contributed by atoms with Crippen LogP contribution < -0.4 is 4.18 Å². The number of sulfonamides is 1. The van der Waals surface area contributed by atoms with Crippen LogP contribution in [0.2, 0.25) is 0 Å². The zero-order valence-electron chi connectivity index (χ0n) is 21.7. The number of halogens is 3. The maximum atomic E-state index is 13.5. The molecular weight excluding hydrogens is 539 g/mol. The van der Waals surface area contributed by atoms with E-state index in [1.807, 2.05) is 20.8 Å². The van der Waals surface area contributed by atoms with Gasteiger partial charge in [-0.2, -0.15) is 25.9 Å². The van der Waals surface area contributed by atoms with Crippen molar-refractivity contribution in [1.82, 2.24) is 4.31 Å². The van der Waals surface area contributed by atoms with Crippen molar-refractivity contribution in [2.75, 3.05) is 0 Å². The first kappa shape index (κ1) is 29.7. The van der Waals surface area contributed by atoms with E-state index in [4.69, 9.17) is 4.18 Å². The molecule has 3 aromatic carbocycles. The molecule has 206 valence electrons. The molecule has 0 aromatic heterocycles. The Morgan fingerprint density at radius 2 is 1.39 bits per heavy atom. The van der Waals surface area contributed by atoms with Crippen LogP contribution in [-0.4, -0.2) is 27.2 Å². The van der Waals surface area contributed by atoms with Crippen molar-refractivity contribution in [2.45, 2.75) is 68.6 Å². The summed E-state index contributed by atoms with van der Waals surface area (Å²) in [7, 11) is -8.48. The third-order valence-electron chi connectivity index (χ3n) is 5.80. The van der Waals surface area contributed by atoms with Gasteiger partial charge in [0.25, 0.3) is 0 Å². The van der Waals surface area contributed by atoms with Crippen molar-refractivity contribution >= 4 is 20.1 Å². The SMILES string of the molecule is CC(C)N(Cc1cccc(OS(=O)(=O)c2cccc(C(F)(F)F)c2)c1)S(=O)(=O)c1ccc(C(C)(C)C)cc1. The molecule has 3 aromatic rings. The summed E-state index contributed by atoms with van der Waals surface area (Å²) in [6.07, 6.45) is -4.72. The Morgan fingerprint density at radius 3 is 1.95 bits per heavy atom. The summed E-state index contributed by atoms with van der Waals surface area (Å²) in [5, 5.41) is 0. The van der Waals surface area contributed by atoms with Gasteiger partial charge >= 0.3 is 16.3 Å². The molecule has 0 aliphatic heterocycles. The van der Waals surface area contributed by atoms with E-state index in [2.05, 4.69) is 0 Å². The lowest BCUT2D eigenvalue weighted by Crippen LogP contribution is -2.36. The average molecular weight is 570 g/mol. The van der Waals surface area contributed by atoms with Gasteiger partial charge in [-0.15, -0.1) is 0 Å². The first-order valence-electron chi connectivity index (χ1n) is 11.7. The summed E-state index contributed by atoms with van der Waals surface area (Å²) in [4.78, 5) is -0.526. The van der Waals surface area contributed by atoms with E-state index >= 15 is 0 Å². The van der Waals surface area contributed by atoms with Crippen LogP contribution in [0.1, 0.15) is 51.3 Å². The van der Waals surface area contributed by atoms with Crippen LogP contribution in [0.25, 0.3) is 0 Å². The van der Waals surface area contributed by atoms with Crippen molar-refractivity contribution in [1.29, 1.82) is 0 Å². The highest BCUT2D eigenvalue weighted by Crippen LogP contribution is 2.32. The van der Waals surface area contributed by atoms with Gasteiger partial charge in [0, 0.05) is 12.6 Å². The van der Waals surface area contributed by atoms with E-state index in [9.17, 15) is 30.0 Å². The Hall–Kier alpha value is -2.89. The van der Waals surface area contributed by atoms with Crippen LogP contribution in [0, 0.1) is 0 Å². The van der Waals surface area contributed by atoms with Gasteiger partial charge in [0.1, 0.15) is 10.6 Å². The molecule has 6 nitrogen and oxygen atoms in total. The fourth-order valence-corrected chi connectivity index (χ4v) is 6.28. The minimum Gasteiger partial charge on any atom is -0.379 e. The molecule has 0 amide bonds. The molecule has 0 fully saturated rings. The number of hydrogen-bond acceptors (Lipinski definition) is 5. The number of rotatable bonds is 8. The summed E-state index contributed by atoms with van der Waals surface area (Å²) in [6.45, 7) is 9.44. The quantitative estimate of drug-likeness (QED) is 0.295. The van der Waals surface area contributed by atoms with Crippen molar-refractivity contribution in [3.63, 3.8) is 0 Å². The Labute approximate surface area is 222 Å². The molecule has 11 heteroatoms. The third-order valence-corrected chi connectivity index (χ3v) is 9.07. The molecule has 0 radical (unpaired) electrons. The van der Waals surface area contributed by atoms with E-state index < -0.39 is 42.8 Å². The normalized spacial score (nSPS) is 13.2. The second-order valence-electron chi connectivity index (χ2n) is 10.1. The van der Waals surface area contributed by atoms with Gasteiger partial charge in [-0.25, -0.2) is 8.42 Å². The van der Waals surface area contributed by atoms with Crippen molar-refractivity contribution < 1.29 is 34.2 Å². The molecular formula is C27H30F3NO5S2. The van der Waals surface area contributed by atoms with Crippen molar-refractivity contribution in [3.8, 4) is 5.75 Å². The van der Waals surface area contributed by atoms with E-state index in [1.54, 1.807) is 44.2 Å². The molecule has 38 heavy (non-hydrogen) atoms. The molecule has 0 unspecified atom stereocenters. The highest BCUT2D eigenvalue weighted by Gasteiger charge is 2.32. The standard InChI is InChI=1S/C27H30F3NO5S2/c1-19(2)31(37(32,33)24-14-12-21(13-15-24)26(3,4)5)18-20-8-6-10-23(16-20)36-38(34,35)25-11-7-9-22(17-25)27(28,29)30/h6-17,19H,18H2,1-5H3. The van der Waals surface area contributed by atoms with Crippen LogP contribution in [-0.2, 0) is 38.3 Å². The fourth-order valence-electron chi connectivity index (χ4n) is 3.69. The lowest BCUT2D eigenvalue weighted by Gasteiger charge is -2.27. The van der Waals surface area contributed by atoms with Crippen LogP contribution in [0.4, 0.5) is 13.2 Å². The molecule has 0 bridgehead atoms. The summed E-state index contributed by atoms with van der Waals surface area (Å²) in [5.74, 6) is -0.157. The zero-order valence-corrected chi connectivity index (χ0v) is 23.3. The highest BCUT2D eigenvalue weighted by atomic mass is 32.2. The number of hydrogen-bond donors (Lipinski definition) is 0. The molecule has 0 heterocycles. The molecule has 0 aliphatic rings. The predicted molar refractivity (Wildman–Crippen MR) is 139 cm³/mol. The van der Waals surface area contributed by atoms with Crippen molar-refractivity contribution in [3.05, 3.63) is 89.5 Å². The zero-order chi connectivity index (χ0) is 28.5. The number of benzene rings is 3. The molecule has 0 saturated heterocycles. The molecule has 0 atom stereocenters. The van der Waals surface area contributed by atoms with Gasteiger partial charge in [-0.05, 0) is 72.9 Å². The van der Waals surface area contributed by atoms with Gasteiger partial charge in [-0.1, -0.05) is 51.1 Å². The van der Waals surface area contributed by atoms with Gasteiger partial charge < -0.3 is 4.18 Å². The summed E-state index contributed by atoms with van der Waals surface area (Å²) in [5.41, 5.74) is 0.156. The minimum atomic E-state index is -4.72. The number of nitrogens with zero attached hydrogens (tertiary/aromatic N) is 1. The first-order chi connectivity index (χ1) is 17.4. The van der Waals surface area contributed by atoms with Crippen LogP contribution in [0.3, 0.4) is 0 Å². The second-order valence-corrected chi connectivity index (χ2v) is 13.6. The second kappa shape index (κ2) is 10.7. The van der Waals surface area contributed by atoms with E-state index in [-0.39, 0.29) is 22.6 Å². The molecule has 3 rings (SSSR count). The van der Waals surface area contributed by atoms with E-state index in [0.717, 1.165) is 23.8 Å². The summed E-state index contributed by atoms with van der Waals surface area (Å²) in [6, 6.07) is 15.3. The lowest BCUT2D eigenvalue weighted by molar-refractivity contribution is -0.137. The minimum absolute atomic E-state index is 0.0815. The molecule has 0 N–H and O–H groups in total. The topological polar surface area (TPSA) is 80.8 Å². The highest BCUT2D eigenvalue weighted by molar-refractivity contribution is 7.89. The molecule has 0 aliphatic carbocycles. The lowest BCUT2D eigenvalue weighted by atomic mass is 9.87. The van der Waals surface area contributed by atoms with Gasteiger partial charge in [0.05, 0.1) is 10.5 Å². The first-order valence-corrected chi connectivity index (χ1v) is 14.6. The van der Waals surface area contributed by atoms with Gasteiger partial charge in [0.15, 0.2) is 0 Å². The number of alkyl halides is 3. The largest absolute Gasteiger partial charge is 0.416 e. The smallest absolute Gasteiger partial charge is 0.379 e. The van der Waals surface area contributed by atoms with E-state index in [0.29, 0.717) is 11.6 Å². The molecule has 0 spiro atoms. The monoisotopic (exact) mass is 569 g/mol. The average Bonchev–Trinajstić information content (AvgIpc) is 2.81. The van der Waals surface area contributed by atoms with Gasteiger partial charge in [0.2, 0.25) is 10.0 Å². The Morgan fingerprint density at radius 1 is 0.789 bits per heavy atom. The molecule has 0 saturated carbocycles. The fraction of sp³-hybridized carbons (Fsp3) is 0.333. The van der Waals surface area contributed by atoms with Crippen molar-refractivity contribution in [2.24, 2.45) is 0 Å².